The van der Waals surface area contributed by atoms with Crippen molar-refractivity contribution in [3.63, 3.8) is 0 Å². The van der Waals surface area contributed by atoms with Gasteiger partial charge in [-0.3, -0.25) is 4.79 Å². The lowest BCUT2D eigenvalue weighted by Gasteiger charge is -2.09. The third kappa shape index (κ3) is 4.12. The van der Waals surface area contributed by atoms with Gasteiger partial charge in [-0.15, -0.1) is 11.3 Å². The Morgan fingerprint density at radius 3 is 2.92 bits per heavy atom. The van der Waals surface area contributed by atoms with Gasteiger partial charge in [0.2, 0.25) is 5.91 Å². The smallest absolute Gasteiger partial charge is 0.234 e. The molecule has 0 fully saturated rings. The molecule has 0 saturated carbocycles. The number of aromatic nitrogens is 2. The molecule has 0 bridgehead atoms. The molecule has 0 radical (unpaired) electrons. The lowest BCUT2D eigenvalue weighted by atomic mass is 10.3. The average molecular weight is 357 g/mol. The van der Waals surface area contributed by atoms with Crippen molar-refractivity contribution < 1.29 is 9.53 Å². The number of hydrogen-bond acceptors (Lipinski definition) is 6. The minimum absolute atomic E-state index is 0.130. The van der Waals surface area contributed by atoms with Gasteiger partial charge in [-0.2, -0.15) is 0 Å². The monoisotopic (exact) mass is 357 g/mol. The first kappa shape index (κ1) is 16.5. The van der Waals surface area contributed by atoms with Crippen molar-refractivity contribution >= 4 is 34.7 Å². The third-order valence-electron chi connectivity index (χ3n) is 3.12. The zero-order valence-corrected chi connectivity index (χ0v) is 14.6. The second kappa shape index (κ2) is 7.94. The molecule has 0 unspecified atom stereocenters. The molecule has 5 nitrogen and oxygen atoms in total. The Labute approximate surface area is 148 Å². The van der Waals surface area contributed by atoms with E-state index in [0.29, 0.717) is 16.6 Å². The van der Waals surface area contributed by atoms with E-state index in [1.54, 1.807) is 36.8 Å². The van der Waals surface area contributed by atoms with E-state index in [0.717, 1.165) is 10.6 Å². The summed E-state index contributed by atoms with van der Waals surface area (Å²) in [6, 6.07) is 13.2. The van der Waals surface area contributed by atoms with Gasteiger partial charge in [0, 0.05) is 6.20 Å². The normalized spacial score (nSPS) is 10.4. The topological polar surface area (TPSA) is 64.1 Å². The van der Waals surface area contributed by atoms with Crippen LogP contribution in [0.5, 0.6) is 5.75 Å². The summed E-state index contributed by atoms with van der Waals surface area (Å²) in [5.41, 5.74) is 1.52. The van der Waals surface area contributed by atoms with Gasteiger partial charge < -0.3 is 10.1 Å². The molecule has 122 valence electrons. The van der Waals surface area contributed by atoms with Gasteiger partial charge in [0.05, 0.1) is 29.1 Å². The molecular formula is C17H15N3O2S2. The lowest BCUT2D eigenvalue weighted by molar-refractivity contribution is -0.113. The number of ether oxygens (including phenoxy) is 1. The molecule has 7 heteroatoms. The minimum Gasteiger partial charge on any atom is -0.495 e. The second-order valence-corrected chi connectivity index (χ2v) is 6.63. The highest BCUT2D eigenvalue weighted by Gasteiger charge is 2.09. The lowest BCUT2D eigenvalue weighted by Crippen LogP contribution is -2.14. The van der Waals surface area contributed by atoms with Crippen molar-refractivity contribution in [1.29, 1.82) is 0 Å². The van der Waals surface area contributed by atoms with Gasteiger partial charge in [0.25, 0.3) is 0 Å². The summed E-state index contributed by atoms with van der Waals surface area (Å²) in [5, 5.41) is 5.42. The number of nitrogens with zero attached hydrogens (tertiary/aromatic N) is 2. The average Bonchev–Trinajstić information content (AvgIpc) is 3.15. The number of benzene rings is 1. The van der Waals surface area contributed by atoms with Gasteiger partial charge in [0.1, 0.15) is 5.75 Å². The number of hydrogen-bond donors (Lipinski definition) is 1. The summed E-state index contributed by atoms with van der Waals surface area (Å²) in [5.74, 6) is 0.729. The van der Waals surface area contributed by atoms with Crippen molar-refractivity contribution in [2.24, 2.45) is 0 Å². The van der Waals surface area contributed by atoms with Crippen LogP contribution in [0, 0.1) is 0 Å². The van der Waals surface area contributed by atoms with Crippen molar-refractivity contribution in [3.8, 4) is 16.3 Å². The van der Waals surface area contributed by atoms with Crippen LogP contribution < -0.4 is 10.1 Å². The van der Waals surface area contributed by atoms with Crippen LogP contribution in [0.3, 0.4) is 0 Å². The van der Waals surface area contributed by atoms with Crippen LogP contribution in [-0.2, 0) is 4.79 Å². The molecule has 24 heavy (non-hydrogen) atoms. The van der Waals surface area contributed by atoms with Gasteiger partial charge in [0.15, 0.2) is 5.16 Å². The molecule has 0 saturated heterocycles. The fraction of sp³-hybridized carbons (Fsp3) is 0.118. The van der Waals surface area contributed by atoms with Crippen molar-refractivity contribution in [1.82, 2.24) is 9.97 Å². The molecule has 0 aliphatic carbocycles. The molecule has 1 aromatic carbocycles. The first-order valence-electron chi connectivity index (χ1n) is 7.19. The van der Waals surface area contributed by atoms with Crippen LogP contribution in [0.4, 0.5) is 5.69 Å². The van der Waals surface area contributed by atoms with E-state index in [4.69, 9.17) is 4.74 Å². The quantitative estimate of drug-likeness (QED) is 0.535. The fourth-order valence-electron chi connectivity index (χ4n) is 2.04. The van der Waals surface area contributed by atoms with E-state index >= 15 is 0 Å². The van der Waals surface area contributed by atoms with E-state index in [1.807, 2.05) is 35.7 Å². The Balaban J connectivity index is 1.61. The maximum Gasteiger partial charge on any atom is 0.234 e. The molecule has 3 rings (SSSR count). The zero-order valence-electron chi connectivity index (χ0n) is 12.9. The Morgan fingerprint density at radius 1 is 1.25 bits per heavy atom. The standard InChI is InChI=1S/C17H15N3O2S2/c1-22-14-6-3-2-5-12(14)19-16(21)11-24-17-18-9-8-13(20-17)15-7-4-10-23-15/h2-10H,11H2,1H3,(H,19,21). The van der Waals surface area contributed by atoms with Crippen LogP contribution in [0.2, 0.25) is 0 Å². The highest BCUT2D eigenvalue weighted by Crippen LogP contribution is 2.25. The van der Waals surface area contributed by atoms with Gasteiger partial charge in [-0.25, -0.2) is 9.97 Å². The Kier molecular flexibility index (Phi) is 5.45. The van der Waals surface area contributed by atoms with E-state index in [-0.39, 0.29) is 11.7 Å². The van der Waals surface area contributed by atoms with E-state index < -0.39 is 0 Å². The van der Waals surface area contributed by atoms with Crippen LogP contribution in [0.15, 0.2) is 59.2 Å². The van der Waals surface area contributed by atoms with Crippen LogP contribution in [0.1, 0.15) is 0 Å². The number of methoxy groups -OCH3 is 1. The van der Waals surface area contributed by atoms with Gasteiger partial charge >= 0.3 is 0 Å². The first-order chi connectivity index (χ1) is 11.8. The summed E-state index contributed by atoms with van der Waals surface area (Å²) in [6.45, 7) is 0. The van der Waals surface area contributed by atoms with E-state index in [1.165, 1.54) is 11.8 Å². The van der Waals surface area contributed by atoms with Crippen molar-refractivity contribution in [3.05, 3.63) is 54.0 Å². The number of rotatable bonds is 6. The van der Waals surface area contributed by atoms with E-state index in [9.17, 15) is 4.79 Å². The maximum absolute atomic E-state index is 12.1. The summed E-state index contributed by atoms with van der Waals surface area (Å²) in [6.07, 6.45) is 1.71. The van der Waals surface area contributed by atoms with Crippen molar-refractivity contribution in [2.45, 2.75) is 5.16 Å². The minimum atomic E-state index is -0.130. The molecule has 0 aliphatic heterocycles. The summed E-state index contributed by atoms with van der Waals surface area (Å²) in [4.78, 5) is 21.9. The van der Waals surface area contributed by atoms with Crippen molar-refractivity contribution in [2.75, 3.05) is 18.2 Å². The summed E-state index contributed by atoms with van der Waals surface area (Å²) in [7, 11) is 1.57. The SMILES string of the molecule is COc1ccccc1NC(=O)CSc1nccc(-c2cccs2)n1. The summed E-state index contributed by atoms with van der Waals surface area (Å²) >= 11 is 2.92. The number of anilines is 1. The largest absolute Gasteiger partial charge is 0.495 e. The molecule has 2 aromatic heterocycles. The number of para-hydroxylation sites is 2. The maximum atomic E-state index is 12.1. The number of carbonyl (C=O) groups excluding carboxylic acids is 1. The molecule has 1 amide bonds. The number of carbonyl (C=O) groups is 1. The second-order valence-electron chi connectivity index (χ2n) is 4.74. The Bertz CT molecular complexity index is 822. The Hall–Kier alpha value is -2.38. The molecule has 0 aliphatic rings. The molecule has 1 N–H and O–H groups in total. The zero-order chi connectivity index (χ0) is 16.8. The third-order valence-corrected chi connectivity index (χ3v) is 4.87. The van der Waals surface area contributed by atoms with Crippen LogP contribution >= 0.6 is 23.1 Å². The molecular weight excluding hydrogens is 342 g/mol. The highest BCUT2D eigenvalue weighted by atomic mass is 32.2. The molecule has 0 atom stereocenters. The first-order valence-corrected chi connectivity index (χ1v) is 9.05. The fourth-order valence-corrected chi connectivity index (χ4v) is 3.36. The predicted molar refractivity (Wildman–Crippen MR) is 97.7 cm³/mol. The number of nitrogens with one attached hydrogen (secondary N) is 1. The molecule has 2 heterocycles. The molecule has 0 spiro atoms. The van der Waals surface area contributed by atoms with Crippen LogP contribution in [0.25, 0.3) is 10.6 Å². The highest BCUT2D eigenvalue weighted by molar-refractivity contribution is 7.99. The summed E-state index contributed by atoms with van der Waals surface area (Å²) < 4.78 is 5.22. The van der Waals surface area contributed by atoms with E-state index in [2.05, 4.69) is 15.3 Å². The number of amides is 1. The number of thiophene rings is 1. The van der Waals surface area contributed by atoms with Gasteiger partial charge in [-0.05, 0) is 29.6 Å². The Morgan fingerprint density at radius 2 is 2.12 bits per heavy atom. The van der Waals surface area contributed by atoms with Crippen LogP contribution in [-0.4, -0.2) is 28.7 Å². The number of thioether (sulfide) groups is 1. The predicted octanol–water partition coefficient (Wildman–Crippen LogP) is 3.94. The van der Waals surface area contributed by atoms with Gasteiger partial charge in [-0.1, -0.05) is 30.0 Å². The molecule has 3 aromatic rings.